The first-order valence-electron chi connectivity index (χ1n) is 11.0. The SMILES string of the molecule is CC1(C)c2ccccc2-c2c1c1c3ccccc3n(-c3ncccn3)c1c1ccccc21. The normalized spacial score (nSPS) is 14.2. The standard InChI is InChI=1S/C29H21N3/c1-29(2)22-14-7-5-12-20(22)24-18-10-3-4-11-19(18)27-25(26(24)29)21-13-6-8-15-23(21)32(27)28-30-16-9-17-31-28/h3-17H,1-2H3. The molecular formula is C29H21N3. The summed E-state index contributed by atoms with van der Waals surface area (Å²) in [5.74, 6) is 0.706. The number of benzene rings is 4. The number of para-hydroxylation sites is 1. The van der Waals surface area contributed by atoms with Crippen molar-refractivity contribution in [1.29, 1.82) is 0 Å². The molecule has 3 heteroatoms. The molecule has 0 unspecified atom stereocenters. The summed E-state index contributed by atoms with van der Waals surface area (Å²) >= 11 is 0. The van der Waals surface area contributed by atoms with E-state index in [9.17, 15) is 0 Å². The summed E-state index contributed by atoms with van der Waals surface area (Å²) in [6.07, 6.45) is 3.64. The Labute approximate surface area is 186 Å². The molecule has 0 radical (unpaired) electrons. The Balaban J connectivity index is 1.83. The van der Waals surface area contributed by atoms with Crippen LogP contribution in [0.3, 0.4) is 0 Å². The van der Waals surface area contributed by atoms with E-state index in [-0.39, 0.29) is 5.41 Å². The largest absolute Gasteiger partial charge is 0.277 e. The molecule has 0 N–H and O–H groups in total. The van der Waals surface area contributed by atoms with Crippen LogP contribution >= 0.6 is 0 Å². The minimum absolute atomic E-state index is 0.110. The molecular weight excluding hydrogens is 390 g/mol. The van der Waals surface area contributed by atoms with Crippen LogP contribution in [0.4, 0.5) is 0 Å². The molecule has 4 aromatic carbocycles. The van der Waals surface area contributed by atoms with Crippen molar-refractivity contribution in [3.63, 3.8) is 0 Å². The number of hydrogen-bond acceptors (Lipinski definition) is 2. The Morgan fingerprint density at radius 2 is 1.34 bits per heavy atom. The lowest BCUT2D eigenvalue weighted by Gasteiger charge is -2.23. The molecule has 0 spiro atoms. The van der Waals surface area contributed by atoms with Gasteiger partial charge in [-0.3, -0.25) is 4.57 Å². The van der Waals surface area contributed by atoms with Crippen LogP contribution < -0.4 is 0 Å². The maximum absolute atomic E-state index is 4.65. The molecule has 0 amide bonds. The van der Waals surface area contributed by atoms with E-state index in [0.717, 1.165) is 5.52 Å². The monoisotopic (exact) mass is 411 g/mol. The van der Waals surface area contributed by atoms with Crippen molar-refractivity contribution in [2.75, 3.05) is 0 Å². The number of fused-ring (bicyclic) bond motifs is 10. The lowest BCUT2D eigenvalue weighted by atomic mass is 9.79. The highest BCUT2D eigenvalue weighted by Crippen LogP contribution is 2.56. The molecule has 152 valence electrons. The third-order valence-electron chi connectivity index (χ3n) is 7.07. The van der Waals surface area contributed by atoms with E-state index >= 15 is 0 Å². The zero-order valence-corrected chi connectivity index (χ0v) is 18.0. The molecule has 6 aromatic rings. The Morgan fingerprint density at radius 3 is 2.16 bits per heavy atom. The Morgan fingerprint density at radius 1 is 0.688 bits per heavy atom. The lowest BCUT2D eigenvalue weighted by Crippen LogP contribution is -2.15. The first kappa shape index (κ1) is 17.7. The molecule has 32 heavy (non-hydrogen) atoms. The molecule has 3 nitrogen and oxygen atoms in total. The second-order valence-electron chi connectivity index (χ2n) is 9.09. The van der Waals surface area contributed by atoms with Gasteiger partial charge in [0.05, 0.1) is 11.0 Å². The highest BCUT2D eigenvalue weighted by atomic mass is 15.1. The van der Waals surface area contributed by atoms with Crippen LogP contribution in [0, 0.1) is 0 Å². The predicted molar refractivity (Wildman–Crippen MR) is 131 cm³/mol. The molecule has 7 rings (SSSR count). The van der Waals surface area contributed by atoms with E-state index in [0.29, 0.717) is 5.95 Å². The van der Waals surface area contributed by atoms with Crippen molar-refractivity contribution in [1.82, 2.24) is 14.5 Å². The van der Waals surface area contributed by atoms with E-state index in [1.807, 2.05) is 18.5 Å². The maximum atomic E-state index is 4.65. The fourth-order valence-corrected chi connectivity index (χ4v) is 5.82. The third kappa shape index (κ3) is 2.06. The molecule has 1 aliphatic rings. The second-order valence-corrected chi connectivity index (χ2v) is 9.09. The van der Waals surface area contributed by atoms with Crippen molar-refractivity contribution < 1.29 is 0 Å². The van der Waals surface area contributed by atoms with Crippen molar-refractivity contribution in [2.24, 2.45) is 0 Å². The first-order chi connectivity index (χ1) is 15.7. The van der Waals surface area contributed by atoms with E-state index in [1.54, 1.807) is 0 Å². The van der Waals surface area contributed by atoms with Gasteiger partial charge in [-0.15, -0.1) is 0 Å². The Hall–Kier alpha value is -3.98. The summed E-state index contributed by atoms with van der Waals surface area (Å²) in [5.41, 5.74) is 7.72. The fraction of sp³-hybridized carbons (Fsp3) is 0.103. The molecule has 2 heterocycles. The second kappa shape index (κ2) is 6.04. The predicted octanol–water partition coefficient (Wildman–Crippen LogP) is 7.03. The van der Waals surface area contributed by atoms with Gasteiger partial charge >= 0.3 is 0 Å². The van der Waals surface area contributed by atoms with Crippen LogP contribution in [0.15, 0.2) is 91.3 Å². The summed E-state index contributed by atoms with van der Waals surface area (Å²) in [6.45, 7) is 4.72. The van der Waals surface area contributed by atoms with E-state index in [4.69, 9.17) is 0 Å². The van der Waals surface area contributed by atoms with Crippen molar-refractivity contribution >= 4 is 32.6 Å². The molecule has 2 aromatic heterocycles. The fourth-order valence-electron chi connectivity index (χ4n) is 5.82. The molecule has 0 atom stereocenters. The van der Waals surface area contributed by atoms with Crippen LogP contribution in [0.25, 0.3) is 49.7 Å². The van der Waals surface area contributed by atoms with Crippen LogP contribution in [-0.4, -0.2) is 14.5 Å². The smallest absolute Gasteiger partial charge is 0.234 e. The van der Waals surface area contributed by atoms with Gasteiger partial charge in [0.25, 0.3) is 0 Å². The maximum Gasteiger partial charge on any atom is 0.234 e. The Bertz CT molecular complexity index is 1690. The summed E-state index contributed by atoms with van der Waals surface area (Å²) in [4.78, 5) is 9.30. The molecule has 0 saturated carbocycles. The molecule has 1 aliphatic carbocycles. The van der Waals surface area contributed by atoms with Crippen molar-refractivity contribution in [3.05, 3.63) is 102 Å². The van der Waals surface area contributed by atoms with Gasteiger partial charge in [0.15, 0.2) is 0 Å². The average molecular weight is 412 g/mol. The van der Waals surface area contributed by atoms with Gasteiger partial charge in [-0.1, -0.05) is 80.6 Å². The average Bonchev–Trinajstić information content (AvgIpc) is 3.30. The van der Waals surface area contributed by atoms with Gasteiger partial charge < -0.3 is 0 Å². The van der Waals surface area contributed by atoms with Crippen LogP contribution in [-0.2, 0) is 5.41 Å². The molecule has 0 bridgehead atoms. The summed E-state index contributed by atoms with van der Waals surface area (Å²) < 4.78 is 2.24. The topological polar surface area (TPSA) is 30.7 Å². The van der Waals surface area contributed by atoms with E-state index in [2.05, 4.69) is 101 Å². The van der Waals surface area contributed by atoms with E-state index < -0.39 is 0 Å². The Kier molecular flexibility index (Phi) is 3.34. The van der Waals surface area contributed by atoms with Crippen molar-refractivity contribution in [3.8, 4) is 17.1 Å². The highest BCUT2D eigenvalue weighted by Gasteiger charge is 2.39. The van der Waals surface area contributed by atoms with Gasteiger partial charge in [-0.2, -0.15) is 0 Å². The lowest BCUT2D eigenvalue weighted by molar-refractivity contribution is 0.667. The zero-order chi connectivity index (χ0) is 21.4. The number of nitrogens with zero attached hydrogens (tertiary/aromatic N) is 3. The molecule has 0 fully saturated rings. The van der Waals surface area contributed by atoms with Gasteiger partial charge in [0.2, 0.25) is 5.95 Å². The van der Waals surface area contributed by atoms with Gasteiger partial charge in [-0.25, -0.2) is 9.97 Å². The summed E-state index contributed by atoms with van der Waals surface area (Å²) in [6, 6.07) is 28.2. The molecule has 0 aliphatic heterocycles. The van der Waals surface area contributed by atoms with E-state index in [1.165, 1.54) is 49.3 Å². The summed E-state index contributed by atoms with van der Waals surface area (Å²) in [7, 11) is 0. The number of aromatic nitrogens is 3. The van der Waals surface area contributed by atoms with Crippen molar-refractivity contribution in [2.45, 2.75) is 19.3 Å². The quantitative estimate of drug-likeness (QED) is 0.291. The summed E-state index contributed by atoms with van der Waals surface area (Å²) in [5, 5.41) is 5.08. The minimum Gasteiger partial charge on any atom is -0.277 e. The highest BCUT2D eigenvalue weighted by molar-refractivity contribution is 6.25. The third-order valence-corrected chi connectivity index (χ3v) is 7.07. The molecule has 0 saturated heterocycles. The number of rotatable bonds is 1. The number of hydrogen-bond donors (Lipinski definition) is 0. The van der Waals surface area contributed by atoms with Gasteiger partial charge in [0.1, 0.15) is 0 Å². The zero-order valence-electron chi connectivity index (χ0n) is 18.0. The van der Waals surface area contributed by atoms with Crippen LogP contribution in [0.2, 0.25) is 0 Å². The van der Waals surface area contributed by atoms with Crippen LogP contribution in [0.5, 0.6) is 0 Å². The van der Waals surface area contributed by atoms with Crippen LogP contribution in [0.1, 0.15) is 25.0 Å². The first-order valence-corrected chi connectivity index (χ1v) is 11.0. The minimum atomic E-state index is -0.110. The van der Waals surface area contributed by atoms with Gasteiger partial charge in [-0.05, 0) is 39.8 Å². The van der Waals surface area contributed by atoms with Gasteiger partial charge in [0, 0.05) is 34.0 Å².